The van der Waals surface area contributed by atoms with Gasteiger partial charge in [-0.3, -0.25) is 19.2 Å². The molecule has 3 amide bonds. The zero-order chi connectivity index (χ0) is 31.1. The van der Waals surface area contributed by atoms with Crippen molar-refractivity contribution in [2.75, 3.05) is 16.8 Å². The number of hydrogen-bond donors (Lipinski definition) is 3. The SMILES string of the molecule is C/C=C1/Oc2cc(O)ccc2C(c2ccc(NC(=O)CSCCC(=O)ON3C(=O)CCC3=O)cc2C(=O)O)=C1/C=C\C=O. The molecule has 2 aromatic carbocycles. The van der Waals surface area contributed by atoms with E-state index in [1.807, 2.05) is 0 Å². The van der Waals surface area contributed by atoms with Crippen LogP contribution in [0.25, 0.3) is 5.57 Å². The van der Waals surface area contributed by atoms with Crippen LogP contribution in [0, 0.1) is 0 Å². The number of nitrogens with zero attached hydrogens (tertiary/aromatic N) is 1. The van der Waals surface area contributed by atoms with E-state index >= 15 is 0 Å². The topological polar surface area (TPSA) is 177 Å². The number of thioether (sulfide) groups is 1. The molecule has 0 radical (unpaired) electrons. The highest BCUT2D eigenvalue weighted by molar-refractivity contribution is 7.99. The van der Waals surface area contributed by atoms with Crippen LogP contribution in [0.3, 0.4) is 0 Å². The number of fused-ring (bicyclic) bond motifs is 1. The predicted molar refractivity (Wildman–Crippen MR) is 155 cm³/mol. The van der Waals surface area contributed by atoms with Crippen LogP contribution in [-0.2, 0) is 28.8 Å². The van der Waals surface area contributed by atoms with Gasteiger partial charge in [0.05, 0.1) is 17.7 Å². The van der Waals surface area contributed by atoms with E-state index in [0.29, 0.717) is 39.6 Å². The summed E-state index contributed by atoms with van der Waals surface area (Å²) in [5.41, 5.74) is 1.74. The number of benzene rings is 2. The first kappa shape index (κ1) is 30.8. The van der Waals surface area contributed by atoms with Gasteiger partial charge in [0, 0.05) is 47.1 Å². The van der Waals surface area contributed by atoms with E-state index in [4.69, 9.17) is 9.57 Å². The summed E-state index contributed by atoms with van der Waals surface area (Å²) in [6.07, 6.45) is 4.83. The Morgan fingerprint density at radius 3 is 2.49 bits per heavy atom. The molecule has 222 valence electrons. The average Bonchev–Trinajstić information content (AvgIpc) is 3.29. The Hall–Kier alpha value is -5.17. The number of ether oxygens (including phenoxy) is 1. The number of aldehydes is 1. The number of nitrogens with one attached hydrogen (secondary N) is 1. The number of imide groups is 1. The number of carboxylic acid groups (broad SMARTS) is 1. The third kappa shape index (κ3) is 7.19. The number of carbonyl (C=O) groups is 6. The second kappa shape index (κ2) is 13.7. The molecule has 12 nitrogen and oxygen atoms in total. The highest BCUT2D eigenvalue weighted by Gasteiger charge is 2.32. The lowest BCUT2D eigenvalue weighted by Gasteiger charge is -2.26. The molecule has 2 aliphatic heterocycles. The standard InChI is InChI=1S/C30H26N2O10S/c1-2-23-20(4-3-12-33)29(21-8-6-18(34)15-24(21)41-23)19-7-5-17(14-22(19)30(39)40)31-25(35)16-43-13-11-28(38)42-32-26(36)9-10-27(32)37/h2-8,12,14-15,34H,9-11,13,16H2,1H3,(H,31,35)(H,39,40)/b4-3-,23-2+. The maximum atomic E-state index is 12.5. The molecule has 0 spiro atoms. The Balaban J connectivity index is 1.50. The number of phenols is 1. The average molecular weight is 607 g/mol. The first-order valence-corrected chi connectivity index (χ1v) is 14.1. The number of carboxylic acids is 1. The Kier molecular flexibility index (Phi) is 9.78. The number of aromatic hydroxyl groups is 1. The first-order chi connectivity index (χ1) is 20.6. The number of allylic oxidation sites excluding steroid dienone is 3. The summed E-state index contributed by atoms with van der Waals surface area (Å²) >= 11 is 1.11. The van der Waals surface area contributed by atoms with Gasteiger partial charge in [-0.15, -0.1) is 5.06 Å². The summed E-state index contributed by atoms with van der Waals surface area (Å²) < 4.78 is 5.91. The summed E-state index contributed by atoms with van der Waals surface area (Å²) in [4.78, 5) is 75.8. The Bertz CT molecular complexity index is 1590. The molecule has 2 aromatic rings. The van der Waals surface area contributed by atoms with Gasteiger partial charge >= 0.3 is 11.9 Å². The normalized spacial score (nSPS) is 15.5. The van der Waals surface area contributed by atoms with E-state index in [1.54, 1.807) is 19.1 Å². The molecule has 2 heterocycles. The molecule has 2 aliphatic rings. The van der Waals surface area contributed by atoms with Gasteiger partial charge in [-0.05, 0) is 55.0 Å². The van der Waals surface area contributed by atoms with E-state index in [1.165, 1.54) is 42.5 Å². The van der Waals surface area contributed by atoms with Gasteiger partial charge < -0.3 is 25.1 Å². The molecule has 0 unspecified atom stereocenters. The van der Waals surface area contributed by atoms with Gasteiger partial charge in [0.25, 0.3) is 11.8 Å². The minimum Gasteiger partial charge on any atom is -0.508 e. The van der Waals surface area contributed by atoms with Crippen LogP contribution in [0.1, 0.15) is 47.7 Å². The maximum absolute atomic E-state index is 12.5. The van der Waals surface area contributed by atoms with Crippen molar-refractivity contribution in [2.24, 2.45) is 0 Å². The highest BCUT2D eigenvalue weighted by atomic mass is 32.2. The van der Waals surface area contributed by atoms with Crippen LogP contribution in [0.4, 0.5) is 5.69 Å². The summed E-state index contributed by atoms with van der Waals surface area (Å²) in [6.45, 7) is 1.71. The molecule has 43 heavy (non-hydrogen) atoms. The summed E-state index contributed by atoms with van der Waals surface area (Å²) in [5, 5.41) is 23.2. The summed E-state index contributed by atoms with van der Waals surface area (Å²) in [6, 6.07) is 8.78. The number of rotatable bonds is 11. The van der Waals surface area contributed by atoms with E-state index in [9.17, 15) is 39.0 Å². The van der Waals surface area contributed by atoms with Gasteiger partial charge in [-0.25, -0.2) is 9.59 Å². The molecular formula is C30H26N2O10S. The first-order valence-electron chi connectivity index (χ1n) is 13.0. The van der Waals surface area contributed by atoms with Gasteiger partial charge in [0.15, 0.2) is 0 Å². The monoisotopic (exact) mass is 606 g/mol. The van der Waals surface area contributed by atoms with Crippen molar-refractivity contribution >= 4 is 59.0 Å². The zero-order valence-corrected chi connectivity index (χ0v) is 23.6. The van der Waals surface area contributed by atoms with E-state index in [2.05, 4.69) is 5.32 Å². The minimum atomic E-state index is -1.27. The summed E-state index contributed by atoms with van der Waals surface area (Å²) in [7, 11) is 0. The van der Waals surface area contributed by atoms with E-state index in [0.717, 1.165) is 11.8 Å². The van der Waals surface area contributed by atoms with Crippen molar-refractivity contribution in [2.45, 2.75) is 26.2 Å². The van der Waals surface area contributed by atoms with Gasteiger partial charge in [0.2, 0.25) is 5.91 Å². The number of anilines is 1. The van der Waals surface area contributed by atoms with Crippen molar-refractivity contribution in [3.8, 4) is 11.5 Å². The smallest absolute Gasteiger partial charge is 0.336 e. The maximum Gasteiger partial charge on any atom is 0.336 e. The fraction of sp³-hybridized carbons (Fsp3) is 0.200. The lowest BCUT2D eigenvalue weighted by molar-refractivity contribution is -0.197. The molecule has 1 saturated heterocycles. The molecule has 1 fully saturated rings. The van der Waals surface area contributed by atoms with Gasteiger partial charge in [-0.1, -0.05) is 6.07 Å². The molecular weight excluding hydrogens is 580 g/mol. The Morgan fingerprint density at radius 2 is 1.81 bits per heavy atom. The molecule has 0 bridgehead atoms. The minimum absolute atomic E-state index is 0.00925. The molecule has 0 saturated carbocycles. The molecule has 0 aromatic heterocycles. The van der Waals surface area contributed by atoms with Crippen LogP contribution >= 0.6 is 11.8 Å². The van der Waals surface area contributed by atoms with Crippen LogP contribution in [-0.4, -0.2) is 62.7 Å². The van der Waals surface area contributed by atoms with Crippen molar-refractivity contribution in [1.82, 2.24) is 5.06 Å². The van der Waals surface area contributed by atoms with Crippen molar-refractivity contribution in [3.63, 3.8) is 0 Å². The lowest BCUT2D eigenvalue weighted by atomic mass is 9.86. The largest absolute Gasteiger partial charge is 0.508 e. The van der Waals surface area contributed by atoms with Gasteiger partial charge in [0.1, 0.15) is 23.5 Å². The van der Waals surface area contributed by atoms with Crippen molar-refractivity contribution in [3.05, 3.63) is 82.6 Å². The number of phenolic OH excluding ortho intramolecular Hbond substituents is 1. The van der Waals surface area contributed by atoms with E-state index in [-0.39, 0.29) is 53.3 Å². The fourth-order valence-electron chi connectivity index (χ4n) is 4.39. The molecule has 3 N–H and O–H groups in total. The second-order valence-electron chi connectivity index (χ2n) is 9.18. The zero-order valence-electron chi connectivity index (χ0n) is 22.8. The molecule has 13 heteroatoms. The third-order valence-electron chi connectivity index (χ3n) is 6.28. The van der Waals surface area contributed by atoms with Gasteiger partial charge in [-0.2, -0.15) is 11.8 Å². The second-order valence-corrected chi connectivity index (χ2v) is 10.3. The lowest BCUT2D eigenvalue weighted by Crippen LogP contribution is -2.32. The van der Waals surface area contributed by atoms with Crippen molar-refractivity contribution in [1.29, 1.82) is 0 Å². The number of hydrogen-bond acceptors (Lipinski definition) is 10. The number of aromatic carboxylic acids is 1. The molecule has 4 rings (SSSR count). The van der Waals surface area contributed by atoms with Crippen LogP contribution in [0.2, 0.25) is 0 Å². The molecule has 0 aliphatic carbocycles. The number of hydroxylamine groups is 2. The van der Waals surface area contributed by atoms with Crippen LogP contribution in [0.5, 0.6) is 11.5 Å². The van der Waals surface area contributed by atoms with E-state index < -0.39 is 29.7 Å². The quantitative estimate of drug-likeness (QED) is 0.147. The van der Waals surface area contributed by atoms with Crippen molar-refractivity contribution < 1.29 is 48.6 Å². The number of carbonyl (C=O) groups excluding carboxylic acids is 5. The number of amides is 3. The summed E-state index contributed by atoms with van der Waals surface area (Å²) in [5.74, 6) is -2.96. The Labute approximate surface area is 249 Å². The Morgan fingerprint density at radius 1 is 1.09 bits per heavy atom. The molecule has 0 atom stereocenters. The fourth-order valence-corrected chi connectivity index (χ4v) is 5.10. The third-order valence-corrected chi connectivity index (χ3v) is 7.24. The predicted octanol–water partition coefficient (Wildman–Crippen LogP) is 3.61. The van der Waals surface area contributed by atoms with Crippen LogP contribution in [0.15, 0.2) is 66.0 Å². The van der Waals surface area contributed by atoms with Crippen LogP contribution < -0.4 is 10.1 Å². The highest BCUT2D eigenvalue weighted by Crippen LogP contribution is 2.44.